The van der Waals surface area contributed by atoms with Crippen LogP contribution in [0.4, 0.5) is 11.4 Å². The molecular formula is C24H22N6O4S. The Morgan fingerprint density at radius 3 is 2.31 bits per heavy atom. The first kappa shape index (κ1) is 23.8. The number of nitrogens with zero attached hydrogens (tertiary/aromatic N) is 4. The van der Waals surface area contributed by atoms with Crippen LogP contribution in [0, 0.1) is 0 Å². The lowest BCUT2D eigenvalue weighted by atomic mass is 10.2. The lowest BCUT2D eigenvalue weighted by Gasteiger charge is -2.10. The van der Waals surface area contributed by atoms with Crippen molar-refractivity contribution in [3.63, 3.8) is 0 Å². The predicted octanol–water partition coefficient (Wildman–Crippen LogP) is 3.66. The number of rotatable bonds is 9. The predicted molar refractivity (Wildman–Crippen MR) is 132 cm³/mol. The molecule has 0 saturated carbocycles. The van der Waals surface area contributed by atoms with Gasteiger partial charge in [-0.25, -0.2) is 0 Å². The monoisotopic (exact) mass is 490 g/mol. The highest BCUT2D eigenvalue weighted by atomic mass is 32.2. The molecule has 4 aromatic rings. The molecule has 0 fully saturated rings. The van der Waals surface area contributed by atoms with E-state index in [1.54, 1.807) is 56.7 Å². The Morgan fingerprint density at radius 1 is 0.886 bits per heavy atom. The van der Waals surface area contributed by atoms with Gasteiger partial charge >= 0.3 is 0 Å². The quantitative estimate of drug-likeness (QED) is 0.341. The van der Waals surface area contributed by atoms with E-state index >= 15 is 0 Å². The van der Waals surface area contributed by atoms with Crippen LogP contribution in [0.5, 0.6) is 11.5 Å². The number of methoxy groups -OCH3 is 2. The summed E-state index contributed by atoms with van der Waals surface area (Å²) >= 11 is 1.19. The van der Waals surface area contributed by atoms with Crippen molar-refractivity contribution in [3.8, 4) is 17.2 Å². The third-order valence-electron chi connectivity index (χ3n) is 4.87. The first-order chi connectivity index (χ1) is 17.1. The summed E-state index contributed by atoms with van der Waals surface area (Å²) in [5.74, 6) is 0.743. The Morgan fingerprint density at radius 2 is 1.57 bits per heavy atom. The van der Waals surface area contributed by atoms with Gasteiger partial charge in [-0.3, -0.25) is 9.59 Å². The van der Waals surface area contributed by atoms with E-state index in [0.29, 0.717) is 39.3 Å². The van der Waals surface area contributed by atoms with Crippen LogP contribution in [0.1, 0.15) is 10.4 Å². The Labute approximate surface area is 205 Å². The normalized spacial score (nSPS) is 10.5. The van der Waals surface area contributed by atoms with Crippen molar-refractivity contribution in [1.82, 2.24) is 20.2 Å². The third kappa shape index (κ3) is 5.76. The first-order valence-corrected chi connectivity index (χ1v) is 11.5. The van der Waals surface area contributed by atoms with Crippen LogP contribution in [-0.2, 0) is 4.79 Å². The Kier molecular flexibility index (Phi) is 7.58. The molecule has 0 aliphatic rings. The first-order valence-electron chi connectivity index (χ1n) is 10.5. The number of para-hydroxylation sites is 4. The summed E-state index contributed by atoms with van der Waals surface area (Å²) in [4.78, 5) is 25.0. The Hall–Kier alpha value is -4.38. The number of aromatic nitrogens is 4. The van der Waals surface area contributed by atoms with Gasteiger partial charge in [-0.05, 0) is 59.0 Å². The molecule has 10 nitrogen and oxygen atoms in total. The highest BCUT2D eigenvalue weighted by Gasteiger charge is 2.15. The minimum atomic E-state index is -0.286. The molecule has 0 saturated heterocycles. The van der Waals surface area contributed by atoms with Crippen LogP contribution in [0.2, 0.25) is 0 Å². The molecule has 35 heavy (non-hydrogen) atoms. The lowest BCUT2D eigenvalue weighted by molar-refractivity contribution is -0.113. The van der Waals surface area contributed by atoms with E-state index in [1.807, 2.05) is 30.3 Å². The van der Waals surface area contributed by atoms with Gasteiger partial charge in [0.15, 0.2) is 0 Å². The maximum atomic E-state index is 12.6. The van der Waals surface area contributed by atoms with Crippen LogP contribution < -0.4 is 20.1 Å². The molecule has 2 amide bonds. The summed E-state index contributed by atoms with van der Waals surface area (Å²) in [6.45, 7) is 0. The average molecular weight is 491 g/mol. The van der Waals surface area contributed by atoms with Gasteiger partial charge in [-0.15, -0.1) is 5.10 Å². The number of nitrogens with one attached hydrogen (secondary N) is 2. The number of carbonyl (C=O) groups is 2. The molecule has 2 N–H and O–H groups in total. The molecule has 0 atom stereocenters. The molecule has 1 aromatic heterocycles. The van der Waals surface area contributed by atoms with Crippen LogP contribution in [-0.4, -0.2) is 52.0 Å². The highest BCUT2D eigenvalue weighted by Crippen LogP contribution is 2.26. The number of ether oxygens (including phenoxy) is 2. The standard InChI is InChI=1S/C24H22N6O4S/c1-33-20-9-5-3-7-18(20)26-23(32)16-11-13-17(14-12-16)25-22(31)15-35-24-27-28-29-30(24)19-8-4-6-10-21(19)34-2/h3-14H,15H2,1-2H3,(H,25,31)(H,26,32). The zero-order valence-electron chi connectivity index (χ0n) is 19.0. The molecule has 178 valence electrons. The largest absolute Gasteiger partial charge is 0.495 e. The van der Waals surface area contributed by atoms with Gasteiger partial charge < -0.3 is 20.1 Å². The third-order valence-corrected chi connectivity index (χ3v) is 5.79. The lowest BCUT2D eigenvalue weighted by Crippen LogP contribution is -2.15. The summed E-state index contributed by atoms with van der Waals surface area (Å²) in [5.41, 5.74) is 2.25. The minimum absolute atomic E-state index is 0.0889. The fourth-order valence-electron chi connectivity index (χ4n) is 3.20. The average Bonchev–Trinajstić information content (AvgIpc) is 3.36. The SMILES string of the molecule is COc1ccccc1NC(=O)c1ccc(NC(=O)CSc2nnnn2-c2ccccc2OC)cc1. The van der Waals surface area contributed by atoms with Gasteiger partial charge in [-0.2, -0.15) is 4.68 Å². The number of tetrazole rings is 1. The van der Waals surface area contributed by atoms with Crippen molar-refractivity contribution in [1.29, 1.82) is 0 Å². The second kappa shape index (κ2) is 11.2. The molecule has 0 aliphatic heterocycles. The fourth-order valence-corrected chi connectivity index (χ4v) is 3.88. The molecule has 0 unspecified atom stereocenters. The Bertz CT molecular complexity index is 1330. The summed E-state index contributed by atoms with van der Waals surface area (Å²) in [5, 5.41) is 17.8. The molecule has 0 bridgehead atoms. The van der Waals surface area contributed by atoms with Crippen molar-refractivity contribution < 1.29 is 19.1 Å². The van der Waals surface area contributed by atoms with Crippen LogP contribution in [0.15, 0.2) is 78.0 Å². The maximum Gasteiger partial charge on any atom is 0.255 e. The Balaban J connectivity index is 1.34. The second-order valence-corrected chi connectivity index (χ2v) is 8.06. The van der Waals surface area contributed by atoms with Crippen molar-refractivity contribution in [2.75, 3.05) is 30.6 Å². The maximum absolute atomic E-state index is 12.6. The van der Waals surface area contributed by atoms with E-state index in [4.69, 9.17) is 9.47 Å². The van der Waals surface area contributed by atoms with Gasteiger partial charge in [0.1, 0.15) is 17.2 Å². The number of hydrogen-bond acceptors (Lipinski definition) is 8. The van der Waals surface area contributed by atoms with Crippen molar-refractivity contribution in [2.45, 2.75) is 5.16 Å². The van der Waals surface area contributed by atoms with E-state index in [2.05, 4.69) is 26.2 Å². The number of anilines is 2. The highest BCUT2D eigenvalue weighted by molar-refractivity contribution is 7.99. The second-order valence-electron chi connectivity index (χ2n) is 7.11. The van der Waals surface area contributed by atoms with E-state index in [0.717, 1.165) is 0 Å². The molecular weight excluding hydrogens is 468 g/mol. The smallest absolute Gasteiger partial charge is 0.255 e. The van der Waals surface area contributed by atoms with Crippen LogP contribution >= 0.6 is 11.8 Å². The van der Waals surface area contributed by atoms with Crippen LogP contribution in [0.25, 0.3) is 5.69 Å². The number of carbonyl (C=O) groups excluding carboxylic acids is 2. The number of hydrogen-bond donors (Lipinski definition) is 2. The molecule has 0 radical (unpaired) electrons. The molecule has 0 spiro atoms. The van der Waals surface area contributed by atoms with Gasteiger partial charge in [0.05, 0.1) is 25.7 Å². The van der Waals surface area contributed by atoms with Crippen molar-refractivity contribution in [2.24, 2.45) is 0 Å². The van der Waals surface area contributed by atoms with Crippen LogP contribution in [0.3, 0.4) is 0 Å². The number of benzene rings is 3. The van der Waals surface area contributed by atoms with Gasteiger partial charge in [0.2, 0.25) is 11.1 Å². The zero-order valence-corrected chi connectivity index (χ0v) is 19.8. The summed E-state index contributed by atoms with van der Waals surface area (Å²) < 4.78 is 12.1. The topological polar surface area (TPSA) is 120 Å². The van der Waals surface area contributed by atoms with Gasteiger partial charge in [-0.1, -0.05) is 36.0 Å². The van der Waals surface area contributed by atoms with Gasteiger partial charge in [0, 0.05) is 11.3 Å². The van der Waals surface area contributed by atoms with Crippen molar-refractivity contribution in [3.05, 3.63) is 78.4 Å². The van der Waals surface area contributed by atoms with E-state index < -0.39 is 0 Å². The number of amides is 2. The zero-order chi connectivity index (χ0) is 24.6. The minimum Gasteiger partial charge on any atom is -0.495 e. The molecule has 4 rings (SSSR count). The van der Waals surface area contributed by atoms with E-state index in [-0.39, 0.29) is 17.6 Å². The van der Waals surface area contributed by atoms with E-state index in [1.165, 1.54) is 16.4 Å². The fraction of sp³-hybridized carbons (Fsp3) is 0.125. The summed E-state index contributed by atoms with van der Waals surface area (Å²) in [6.07, 6.45) is 0. The molecule has 3 aromatic carbocycles. The molecule has 11 heteroatoms. The summed E-state index contributed by atoms with van der Waals surface area (Å²) in [6, 6.07) is 21.1. The van der Waals surface area contributed by atoms with Gasteiger partial charge in [0.25, 0.3) is 5.91 Å². The van der Waals surface area contributed by atoms with E-state index in [9.17, 15) is 9.59 Å². The summed E-state index contributed by atoms with van der Waals surface area (Å²) in [7, 11) is 3.11. The molecule has 1 heterocycles. The number of thioether (sulfide) groups is 1. The molecule has 0 aliphatic carbocycles. The van der Waals surface area contributed by atoms with Crippen molar-refractivity contribution >= 4 is 35.0 Å².